The molecular weight excluding hydrogens is 584 g/mol. The predicted molar refractivity (Wildman–Crippen MR) is 175 cm³/mol. The number of aliphatic hydroxyl groups excluding tert-OH is 1. The fourth-order valence-electron chi connectivity index (χ4n) is 2.04. The standard InChI is InChI=1S/C12H12O2.C9H16O3.C7H12O2.2C3H4O2/c1-10(12(13)14)6-5-9-11-7-3-2-4-8-11;1-8(2)9(11)12-7-5-3-4-6-10;1-3-5-6-9-7(8)4-2;2*1-2-3(4)5/h2-5,7-9H,1,6H2,(H,13,14);10H,1,3-7H2,2H3;4H,2-3,5-6H2,1H3;2*2H,1H2,(H,4,5). The topological polar surface area (TPSA) is 185 Å². The van der Waals surface area contributed by atoms with Crippen molar-refractivity contribution in [2.24, 2.45) is 0 Å². The second kappa shape index (κ2) is 35.2. The molecule has 1 rings (SSSR count). The fraction of sp³-hybridized carbons (Fsp3) is 0.324. The molecule has 0 spiro atoms. The molecule has 0 saturated carbocycles. The molecule has 0 radical (unpaired) electrons. The molecule has 0 amide bonds. The van der Waals surface area contributed by atoms with Gasteiger partial charge in [0.2, 0.25) is 0 Å². The van der Waals surface area contributed by atoms with Crippen LogP contribution >= 0.6 is 0 Å². The van der Waals surface area contributed by atoms with E-state index in [1.54, 1.807) is 13.0 Å². The van der Waals surface area contributed by atoms with Gasteiger partial charge >= 0.3 is 29.8 Å². The van der Waals surface area contributed by atoms with Crippen LogP contribution in [0.2, 0.25) is 0 Å². The van der Waals surface area contributed by atoms with Gasteiger partial charge in [-0.3, -0.25) is 0 Å². The van der Waals surface area contributed by atoms with Gasteiger partial charge in [-0.05, 0) is 44.6 Å². The molecule has 0 aliphatic rings. The van der Waals surface area contributed by atoms with E-state index in [2.05, 4.69) is 37.6 Å². The van der Waals surface area contributed by atoms with Gasteiger partial charge in [-0.2, -0.15) is 0 Å². The number of rotatable bonds is 16. The molecule has 1 aromatic carbocycles. The average molecular weight is 633 g/mol. The Morgan fingerprint density at radius 2 is 1.29 bits per heavy atom. The summed E-state index contributed by atoms with van der Waals surface area (Å²) in [6.07, 6.45) is 11.3. The quantitative estimate of drug-likeness (QED) is 0.0947. The predicted octanol–water partition coefficient (Wildman–Crippen LogP) is 6.03. The summed E-state index contributed by atoms with van der Waals surface area (Å²) in [5.41, 5.74) is 1.69. The number of carboxylic acids is 3. The molecule has 0 aromatic heterocycles. The number of unbranched alkanes of at least 4 members (excludes halogenated alkanes) is 3. The van der Waals surface area contributed by atoms with Gasteiger partial charge < -0.3 is 29.9 Å². The molecular formula is C34H48O11. The van der Waals surface area contributed by atoms with Crippen LogP contribution in [0, 0.1) is 0 Å². The molecule has 0 fully saturated rings. The Morgan fingerprint density at radius 1 is 0.778 bits per heavy atom. The van der Waals surface area contributed by atoms with E-state index in [1.807, 2.05) is 43.3 Å². The number of esters is 2. The first-order valence-corrected chi connectivity index (χ1v) is 13.8. The molecule has 0 heterocycles. The van der Waals surface area contributed by atoms with Crippen molar-refractivity contribution in [1.29, 1.82) is 0 Å². The van der Waals surface area contributed by atoms with Crippen molar-refractivity contribution in [3.63, 3.8) is 0 Å². The van der Waals surface area contributed by atoms with Crippen molar-refractivity contribution in [3.8, 4) is 0 Å². The molecule has 4 N–H and O–H groups in total. The van der Waals surface area contributed by atoms with Gasteiger partial charge in [0.05, 0.1) is 13.2 Å². The van der Waals surface area contributed by atoms with Crippen LogP contribution in [0.5, 0.6) is 0 Å². The van der Waals surface area contributed by atoms with E-state index < -0.39 is 17.9 Å². The summed E-state index contributed by atoms with van der Waals surface area (Å²) >= 11 is 0. The molecule has 0 atom stereocenters. The lowest BCUT2D eigenvalue weighted by atomic mass is 10.1. The molecule has 1 aromatic rings. The van der Waals surface area contributed by atoms with Gasteiger partial charge in [0.15, 0.2) is 0 Å². The Kier molecular flexibility index (Phi) is 36.7. The van der Waals surface area contributed by atoms with E-state index in [0.717, 1.165) is 49.8 Å². The van der Waals surface area contributed by atoms with E-state index >= 15 is 0 Å². The highest BCUT2D eigenvalue weighted by Gasteiger charge is 2.01. The summed E-state index contributed by atoms with van der Waals surface area (Å²) in [4.78, 5) is 50.1. The normalized spacial score (nSPS) is 8.87. The molecule has 250 valence electrons. The van der Waals surface area contributed by atoms with Crippen molar-refractivity contribution >= 4 is 35.9 Å². The number of ether oxygens (including phenoxy) is 2. The highest BCUT2D eigenvalue weighted by atomic mass is 16.5. The molecule has 0 unspecified atom stereocenters. The number of aliphatic hydroxyl groups is 1. The number of allylic oxidation sites excluding steroid dienone is 1. The Balaban J connectivity index is -0.000000247. The van der Waals surface area contributed by atoms with Crippen molar-refractivity contribution < 1.29 is 53.9 Å². The third-order valence-electron chi connectivity index (χ3n) is 4.42. The second-order valence-electron chi connectivity index (χ2n) is 8.44. The zero-order chi connectivity index (χ0) is 35.5. The largest absolute Gasteiger partial charge is 0.478 e. The van der Waals surface area contributed by atoms with Crippen LogP contribution < -0.4 is 0 Å². The highest BCUT2D eigenvalue weighted by molar-refractivity contribution is 5.87. The number of carboxylic acid groups (broad SMARTS) is 3. The average Bonchev–Trinajstić information content (AvgIpc) is 3.02. The zero-order valence-corrected chi connectivity index (χ0v) is 26.3. The van der Waals surface area contributed by atoms with Gasteiger partial charge in [0, 0.05) is 36.0 Å². The van der Waals surface area contributed by atoms with Crippen molar-refractivity contribution in [3.05, 3.63) is 104 Å². The summed E-state index contributed by atoms with van der Waals surface area (Å²) in [6, 6.07) is 9.73. The summed E-state index contributed by atoms with van der Waals surface area (Å²) in [5.74, 6) is -3.57. The Labute approximate surface area is 266 Å². The molecule has 11 heteroatoms. The molecule has 0 aliphatic carbocycles. The van der Waals surface area contributed by atoms with Crippen LogP contribution in [-0.4, -0.2) is 70.1 Å². The summed E-state index contributed by atoms with van der Waals surface area (Å²) in [7, 11) is 0. The molecule has 0 bridgehead atoms. The maximum atomic E-state index is 10.8. The van der Waals surface area contributed by atoms with E-state index in [-0.39, 0.29) is 24.1 Å². The smallest absolute Gasteiger partial charge is 0.333 e. The zero-order valence-electron chi connectivity index (χ0n) is 26.3. The van der Waals surface area contributed by atoms with Crippen LogP contribution in [0.3, 0.4) is 0 Å². The third kappa shape index (κ3) is 43.6. The number of carbonyl (C=O) groups excluding carboxylic acids is 2. The van der Waals surface area contributed by atoms with E-state index in [1.165, 1.54) is 6.08 Å². The first kappa shape index (κ1) is 46.9. The van der Waals surface area contributed by atoms with Gasteiger partial charge in [-0.15, -0.1) is 0 Å². The minimum atomic E-state index is -0.981. The number of aliphatic carboxylic acids is 3. The van der Waals surface area contributed by atoms with Crippen LogP contribution in [-0.2, 0) is 33.4 Å². The number of carbonyl (C=O) groups is 5. The first-order valence-electron chi connectivity index (χ1n) is 13.8. The maximum Gasteiger partial charge on any atom is 0.333 e. The van der Waals surface area contributed by atoms with Crippen LogP contribution in [0.25, 0.3) is 6.08 Å². The van der Waals surface area contributed by atoms with Crippen molar-refractivity contribution in [2.75, 3.05) is 19.8 Å². The molecule has 45 heavy (non-hydrogen) atoms. The lowest BCUT2D eigenvalue weighted by Gasteiger charge is -2.02. The SMILES string of the molecule is C=C(C)C(=O)OCCCCCO.C=C(CC=Cc1ccccc1)C(=O)O.C=CC(=O)O.C=CC(=O)O.C=CC(=O)OCCCC. The minimum Gasteiger partial charge on any atom is -0.478 e. The van der Waals surface area contributed by atoms with E-state index in [4.69, 9.17) is 25.2 Å². The van der Waals surface area contributed by atoms with Gasteiger partial charge in [0.1, 0.15) is 0 Å². The molecule has 11 nitrogen and oxygen atoms in total. The Bertz CT molecular complexity index is 1050. The summed E-state index contributed by atoms with van der Waals surface area (Å²) in [5, 5.41) is 32.2. The lowest BCUT2D eigenvalue weighted by Crippen LogP contribution is -2.06. The number of benzene rings is 1. The second-order valence-corrected chi connectivity index (χ2v) is 8.44. The van der Waals surface area contributed by atoms with Gasteiger partial charge in [0.25, 0.3) is 0 Å². The van der Waals surface area contributed by atoms with Crippen LogP contribution in [0.15, 0.2) is 98.7 Å². The molecule has 0 aliphatic heterocycles. The van der Waals surface area contributed by atoms with Crippen molar-refractivity contribution in [1.82, 2.24) is 0 Å². The van der Waals surface area contributed by atoms with E-state index in [0.29, 0.717) is 25.2 Å². The van der Waals surface area contributed by atoms with Crippen LogP contribution in [0.4, 0.5) is 0 Å². The lowest BCUT2D eigenvalue weighted by molar-refractivity contribution is -0.139. The highest BCUT2D eigenvalue weighted by Crippen LogP contribution is 2.05. The third-order valence-corrected chi connectivity index (χ3v) is 4.42. The minimum absolute atomic E-state index is 0.203. The monoisotopic (exact) mass is 632 g/mol. The van der Waals surface area contributed by atoms with E-state index in [9.17, 15) is 24.0 Å². The fourth-order valence-corrected chi connectivity index (χ4v) is 2.04. The number of hydrogen-bond acceptors (Lipinski definition) is 8. The number of hydrogen-bond donors (Lipinski definition) is 4. The van der Waals surface area contributed by atoms with Crippen LogP contribution in [0.1, 0.15) is 57.9 Å². The Hall–Kier alpha value is -5.03. The van der Waals surface area contributed by atoms with Crippen molar-refractivity contribution in [2.45, 2.75) is 52.4 Å². The molecule has 0 saturated heterocycles. The summed E-state index contributed by atoms with van der Waals surface area (Å²) < 4.78 is 9.50. The maximum absolute atomic E-state index is 10.8. The first-order chi connectivity index (χ1) is 21.2. The van der Waals surface area contributed by atoms with Gasteiger partial charge in [-0.1, -0.05) is 88.7 Å². The van der Waals surface area contributed by atoms with Gasteiger partial charge in [-0.25, -0.2) is 24.0 Å². The summed E-state index contributed by atoms with van der Waals surface area (Å²) in [6.45, 7) is 20.9. The Morgan fingerprint density at radius 3 is 1.69 bits per heavy atom.